The minimum absolute atomic E-state index is 0.228. The van der Waals surface area contributed by atoms with Gasteiger partial charge in [0.25, 0.3) is 0 Å². The quantitative estimate of drug-likeness (QED) is 0.533. The summed E-state index contributed by atoms with van der Waals surface area (Å²) in [6, 6.07) is -0.250. The van der Waals surface area contributed by atoms with Gasteiger partial charge in [0.15, 0.2) is 5.60 Å². The Morgan fingerprint density at radius 1 is 1.44 bits per heavy atom. The fraction of sp³-hybridized carbons (Fsp3) is 0.909. The third kappa shape index (κ3) is 1.31. The molecule has 1 spiro atoms. The number of fused-ring (bicyclic) bond motifs is 1. The molecule has 4 atom stereocenters. The number of carbonyl (C=O) groups is 1. The third-order valence-corrected chi connectivity index (χ3v) is 4.16. The molecule has 3 fully saturated rings. The molecule has 2 N–H and O–H groups in total. The Kier molecular flexibility index (Phi) is 2.24. The van der Waals surface area contributed by atoms with Gasteiger partial charge in [-0.3, -0.25) is 9.69 Å². The van der Waals surface area contributed by atoms with Gasteiger partial charge in [-0.25, -0.2) is 0 Å². The van der Waals surface area contributed by atoms with Crippen LogP contribution in [0.1, 0.15) is 25.7 Å². The largest absolute Gasteiger partial charge is 0.455 e. The van der Waals surface area contributed by atoms with E-state index in [1.807, 2.05) is 0 Å². The van der Waals surface area contributed by atoms with Crippen LogP contribution in [0.25, 0.3) is 0 Å². The molecule has 3 rings (SSSR count). The van der Waals surface area contributed by atoms with Crippen LogP contribution in [0, 0.1) is 0 Å². The Morgan fingerprint density at radius 3 is 2.88 bits per heavy atom. The number of piperidine rings is 1. The Bertz CT molecular complexity index is 321. The fourth-order valence-corrected chi connectivity index (χ4v) is 3.37. The zero-order chi connectivity index (χ0) is 11.3. The first kappa shape index (κ1) is 10.5. The van der Waals surface area contributed by atoms with E-state index in [0.29, 0.717) is 19.4 Å². The molecule has 3 aliphatic heterocycles. The Balaban J connectivity index is 1.87. The maximum absolute atomic E-state index is 11.2. The van der Waals surface area contributed by atoms with E-state index in [4.69, 9.17) is 4.74 Å². The van der Waals surface area contributed by atoms with Crippen molar-refractivity contribution in [2.24, 2.45) is 0 Å². The smallest absolute Gasteiger partial charge is 0.306 e. The molecule has 3 saturated heterocycles. The summed E-state index contributed by atoms with van der Waals surface area (Å²) >= 11 is 0. The van der Waals surface area contributed by atoms with E-state index in [1.54, 1.807) is 0 Å². The summed E-state index contributed by atoms with van der Waals surface area (Å²) in [5, 5.41) is 20.2. The van der Waals surface area contributed by atoms with Crippen molar-refractivity contribution in [1.82, 2.24) is 4.90 Å². The number of rotatable bonds is 0. The maximum atomic E-state index is 11.2. The molecule has 16 heavy (non-hydrogen) atoms. The van der Waals surface area contributed by atoms with Gasteiger partial charge in [-0.1, -0.05) is 0 Å². The molecule has 0 aromatic rings. The number of hydrogen-bond acceptors (Lipinski definition) is 5. The molecule has 5 heteroatoms. The van der Waals surface area contributed by atoms with Crippen molar-refractivity contribution in [3.8, 4) is 0 Å². The lowest BCUT2D eigenvalue weighted by Crippen LogP contribution is -2.50. The van der Waals surface area contributed by atoms with Crippen molar-refractivity contribution in [2.45, 2.75) is 49.5 Å². The average Bonchev–Trinajstić information content (AvgIpc) is 2.72. The Hall–Kier alpha value is -0.650. The van der Waals surface area contributed by atoms with Gasteiger partial charge in [0, 0.05) is 19.4 Å². The van der Waals surface area contributed by atoms with E-state index < -0.39 is 17.8 Å². The van der Waals surface area contributed by atoms with Crippen molar-refractivity contribution < 1.29 is 19.7 Å². The molecule has 1 unspecified atom stereocenters. The lowest BCUT2D eigenvalue weighted by atomic mass is 9.89. The van der Waals surface area contributed by atoms with Crippen molar-refractivity contribution in [2.75, 3.05) is 13.1 Å². The highest BCUT2D eigenvalue weighted by molar-refractivity contribution is 5.72. The van der Waals surface area contributed by atoms with Crippen molar-refractivity contribution in [3.05, 3.63) is 0 Å². The minimum atomic E-state index is -0.743. The molecule has 5 nitrogen and oxygen atoms in total. The predicted octanol–water partition coefficient (Wildman–Crippen LogP) is -0.738. The van der Waals surface area contributed by atoms with Gasteiger partial charge in [0.1, 0.15) is 6.10 Å². The summed E-state index contributed by atoms with van der Waals surface area (Å²) in [4.78, 5) is 13.3. The topological polar surface area (TPSA) is 70.0 Å². The SMILES string of the molecule is O=C1CCC2(CN3CCC[C@@H](O)[C@@H]3[C@@H]2O)O1. The highest BCUT2D eigenvalue weighted by Crippen LogP contribution is 2.42. The molecule has 0 aromatic heterocycles. The molecule has 0 aliphatic carbocycles. The minimum Gasteiger partial charge on any atom is -0.455 e. The molecule has 3 aliphatic rings. The predicted molar refractivity (Wildman–Crippen MR) is 54.7 cm³/mol. The van der Waals surface area contributed by atoms with E-state index in [-0.39, 0.29) is 12.0 Å². The van der Waals surface area contributed by atoms with Crippen LogP contribution in [0.3, 0.4) is 0 Å². The zero-order valence-electron chi connectivity index (χ0n) is 9.13. The van der Waals surface area contributed by atoms with E-state index in [2.05, 4.69) is 4.90 Å². The lowest BCUT2D eigenvalue weighted by molar-refractivity contribution is -0.155. The molecule has 0 radical (unpaired) electrons. The van der Waals surface area contributed by atoms with Crippen molar-refractivity contribution in [1.29, 1.82) is 0 Å². The van der Waals surface area contributed by atoms with Crippen molar-refractivity contribution in [3.63, 3.8) is 0 Å². The van der Waals surface area contributed by atoms with E-state index in [0.717, 1.165) is 19.4 Å². The number of esters is 1. The maximum Gasteiger partial charge on any atom is 0.306 e. The van der Waals surface area contributed by atoms with Gasteiger partial charge in [0.2, 0.25) is 0 Å². The molecule has 0 aromatic carbocycles. The lowest BCUT2D eigenvalue weighted by Gasteiger charge is -2.34. The zero-order valence-corrected chi connectivity index (χ0v) is 9.13. The summed E-state index contributed by atoms with van der Waals surface area (Å²) in [6.07, 6.45) is 1.38. The second kappa shape index (κ2) is 3.42. The summed E-state index contributed by atoms with van der Waals surface area (Å²) < 4.78 is 5.32. The van der Waals surface area contributed by atoms with Crippen LogP contribution in [-0.4, -0.2) is 58.0 Å². The monoisotopic (exact) mass is 227 g/mol. The van der Waals surface area contributed by atoms with Gasteiger partial charge >= 0.3 is 5.97 Å². The molecule has 0 saturated carbocycles. The van der Waals surface area contributed by atoms with Gasteiger partial charge in [-0.05, 0) is 19.4 Å². The van der Waals surface area contributed by atoms with Crippen LogP contribution in [0.15, 0.2) is 0 Å². The van der Waals surface area contributed by atoms with Crippen LogP contribution in [0.4, 0.5) is 0 Å². The number of hydrogen-bond donors (Lipinski definition) is 2. The first-order valence-corrected chi connectivity index (χ1v) is 5.94. The number of carbonyl (C=O) groups excluding carboxylic acids is 1. The van der Waals surface area contributed by atoms with Crippen molar-refractivity contribution >= 4 is 5.97 Å². The molecule has 3 heterocycles. The molecule has 0 amide bonds. The van der Waals surface area contributed by atoms with Gasteiger partial charge < -0.3 is 14.9 Å². The normalized spacial score (nSPS) is 48.4. The number of ether oxygens (including phenoxy) is 1. The Labute approximate surface area is 94.0 Å². The summed E-state index contributed by atoms with van der Waals surface area (Å²) in [5.41, 5.74) is -0.743. The van der Waals surface area contributed by atoms with Gasteiger partial charge in [-0.2, -0.15) is 0 Å². The van der Waals surface area contributed by atoms with Crippen LogP contribution in [0.2, 0.25) is 0 Å². The van der Waals surface area contributed by atoms with Crippen LogP contribution in [-0.2, 0) is 9.53 Å². The van der Waals surface area contributed by atoms with Crippen LogP contribution >= 0.6 is 0 Å². The second-order valence-electron chi connectivity index (χ2n) is 5.15. The van der Waals surface area contributed by atoms with E-state index >= 15 is 0 Å². The molecular weight excluding hydrogens is 210 g/mol. The average molecular weight is 227 g/mol. The Morgan fingerprint density at radius 2 is 2.25 bits per heavy atom. The van der Waals surface area contributed by atoms with Gasteiger partial charge in [0.05, 0.1) is 12.1 Å². The molecule has 0 bridgehead atoms. The second-order valence-corrected chi connectivity index (χ2v) is 5.15. The van der Waals surface area contributed by atoms with Crippen LogP contribution in [0.5, 0.6) is 0 Å². The number of nitrogens with zero attached hydrogens (tertiary/aromatic N) is 1. The first-order chi connectivity index (χ1) is 7.62. The highest BCUT2D eigenvalue weighted by atomic mass is 16.6. The van der Waals surface area contributed by atoms with Gasteiger partial charge in [-0.15, -0.1) is 0 Å². The highest BCUT2D eigenvalue weighted by Gasteiger charge is 2.59. The van der Waals surface area contributed by atoms with E-state index in [9.17, 15) is 15.0 Å². The molecular formula is C11H17NO4. The first-order valence-electron chi connectivity index (χ1n) is 5.94. The number of aliphatic hydroxyl groups excluding tert-OH is 2. The van der Waals surface area contributed by atoms with Crippen LogP contribution < -0.4 is 0 Å². The standard InChI is InChI=1S/C11H17NO4/c13-7-2-1-5-12-6-11(10(15)9(7)12)4-3-8(14)16-11/h7,9-10,13,15H,1-6H2/t7-,9-,10+,11?/m1/s1. The third-order valence-electron chi connectivity index (χ3n) is 4.16. The summed E-state index contributed by atoms with van der Waals surface area (Å²) in [7, 11) is 0. The fourth-order valence-electron chi connectivity index (χ4n) is 3.37. The summed E-state index contributed by atoms with van der Waals surface area (Å²) in [5.74, 6) is -0.228. The summed E-state index contributed by atoms with van der Waals surface area (Å²) in [6.45, 7) is 1.44. The van der Waals surface area contributed by atoms with E-state index in [1.165, 1.54) is 0 Å². The molecule has 90 valence electrons. The number of aliphatic hydroxyl groups is 2.